The van der Waals surface area contributed by atoms with Gasteiger partial charge in [-0.3, -0.25) is 14.4 Å². The van der Waals surface area contributed by atoms with E-state index in [-0.39, 0.29) is 5.43 Å². The minimum atomic E-state index is -0.0852. The maximum atomic E-state index is 13.1. The molecule has 0 atom stereocenters. The van der Waals surface area contributed by atoms with Crippen molar-refractivity contribution in [1.82, 2.24) is 19.9 Å². The number of rotatable bonds is 10. The highest BCUT2D eigenvalue weighted by molar-refractivity contribution is 6.30. The molecule has 1 aliphatic rings. The number of methoxy groups -OCH3 is 1. The van der Waals surface area contributed by atoms with Gasteiger partial charge in [0.2, 0.25) is 0 Å². The first-order chi connectivity index (χ1) is 20.6. The minimum Gasteiger partial charge on any atom is -0.497 e. The third-order valence-electron chi connectivity index (χ3n) is 7.46. The van der Waals surface area contributed by atoms with Gasteiger partial charge in [0.1, 0.15) is 23.3 Å². The molecule has 9 nitrogen and oxygen atoms in total. The molecule has 0 saturated carbocycles. The van der Waals surface area contributed by atoms with E-state index in [1.54, 1.807) is 25.3 Å². The van der Waals surface area contributed by atoms with Crippen LogP contribution in [0.5, 0.6) is 11.5 Å². The molecule has 0 aliphatic carbocycles. The number of halogens is 1. The zero-order chi connectivity index (χ0) is 28.9. The molecule has 10 heteroatoms. The molecule has 0 radical (unpaired) electrons. The standard InChI is InChI=1S/C32H32ClN5O4/c1-40-27-8-6-23(7-9-27)30-22-42-31-19-28(10-11-29(31)32(30)39)41-17-3-12-38-21-25(34-35-38)20-36-13-15-37(16-14-36)26-5-2-4-24(33)18-26/h2,4-11,18-19,21-22H,3,12-17,20H2,1H3. The van der Waals surface area contributed by atoms with Crippen LogP contribution in [0.25, 0.3) is 22.1 Å². The SMILES string of the molecule is COc1ccc(-c2coc3cc(OCCCn4cc(CN5CCN(c6cccc(Cl)c6)CC5)nn4)ccc3c2=O)cc1. The summed E-state index contributed by atoms with van der Waals surface area (Å²) in [4.78, 5) is 17.8. The first-order valence-corrected chi connectivity index (χ1v) is 14.4. The van der Waals surface area contributed by atoms with Crippen LogP contribution in [-0.2, 0) is 13.1 Å². The number of piperazine rings is 1. The first-order valence-electron chi connectivity index (χ1n) is 14.0. The lowest BCUT2D eigenvalue weighted by Crippen LogP contribution is -2.46. The van der Waals surface area contributed by atoms with E-state index in [4.69, 9.17) is 25.5 Å². The van der Waals surface area contributed by atoms with Gasteiger partial charge in [-0.1, -0.05) is 35.0 Å². The number of ether oxygens (including phenoxy) is 2. The Labute approximate surface area is 248 Å². The number of fused-ring (bicyclic) bond motifs is 1. The Morgan fingerprint density at radius 3 is 2.57 bits per heavy atom. The summed E-state index contributed by atoms with van der Waals surface area (Å²) < 4.78 is 18.8. The van der Waals surface area contributed by atoms with E-state index in [1.165, 1.54) is 12.0 Å². The highest BCUT2D eigenvalue weighted by Crippen LogP contribution is 2.25. The first kappa shape index (κ1) is 27.8. The molecule has 0 bridgehead atoms. The summed E-state index contributed by atoms with van der Waals surface area (Å²) in [6, 6.07) is 20.7. The number of anilines is 1. The number of aryl methyl sites for hydroxylation is 1. The number of benzene rings is 3. The Kier molecular flexibility index (Phi) is 8.39. The molecule has 1 aliphatic heterocycles. The monoisotopic (exact) mass is 585 g/mol. The molecular weight excluding hydrogens is 554 g/mol. The summed E-state index contributed by atoms with van der Waals surface area (Å²) in [7, 11) is 1.61. The molecule has 42 heavy (non-hydrogen) atoms. The molecule has 2 aromatic heterocycles. The molecule has 0 spiro atoms. The van der Waals surface area contributed by atoms with Crippen LogP contribution in [-0.4, -0.2) is 59.8 Å². The lowest BCUT2D eigenvalue weighted by Gasteiger charge is -2.35. The molecule has 3 heterocycles. The minimum absolute atomic E-state index is 0.0852. The summed E-state index contributed by atoms with van der Waals surface area (Å²) in [6.07, 6.45) is 4.27. The van der Waals surface area contributed by atoms with Crippen molar-refractivity contribution in [3.8, 4) is 22.6 Å². The van der Waals surface area contributed by atoms with Crippen molar-refractivity contribution in [2.75, 3.05) is 44.8 Å². The number of aromatic nitrogens is 3. The smallest absolute Gasteiger partial charge is 0.200 e. The van der Waals surface area contributed by atoms with Gasteiger partial charge < -0.3 is 18.8 Å². The van der Waals surface area contributed by atoms with Crippen molar-refractivity contribution >= 4 is 28.3 Å². The van der Waals surface area contributed by atoms with Crippen LogP contribution < -0.4 is 19.8 Å². The van der Waals surface area contributed by atoms with Crippen LogP contribution in [0.1, 0.15) is 12.1 Å². The lowest BCUT2D eigenvalue weighted by molar-refractivity contribution is 0.247. The summed E-state index contributed by atoms with van der Waals surface area (Å²) in [5.74, 6) is 1.38. The lowest BCUT2D eigenvalue weighted by atomic mass is 10.1. The van der Waals surface area contributed by atoms with E-state index in [1.807, 2.05) is 53.3 Å². The van der Waals surface area contributed by atoms with E-state index in [9.17, 15) is 4.79 Å². The largest absolute Gasteiger partial charge is 0.497 e. The van der Waals surface area contributed by atoms with Crippen molar-refractivity contribution in [2.45, 2.75) is 19.5 Å². The van der Waals surface area contributed by atoms with Crippen molar-refractivity contribution in [3.63, 3.8) is 0 Å². The van der Waals surface area contributed by atoms with E-state index in [0.717, 1.165) is 61.2 Å². The maximum Gasteiger partial charge on any atom is 0.200 e. The predicted octanol–water partition coefficient (Wildman–Crippen LogP) is 5.50. The third-order valence-corrected chi connectivity index (χ3v) is 7.70. The second-order valence-corrected chi connectivity index (χ2v) is 10.7. The predicted molar refractivity (Wildman–Crippen MR) is 164 cm³/mol. The molecule has 1 fully saturated rings. The van der Waals surface area contributed by atoms with Gasteiger partial charge in [-0.05, 0) is 48.0 Å². The van der Waals surface area contributed by atoms with Gasteiger partial charge in [-0.25, -0.2) is 0 Å². The molecule has 6 rings (SSSR count). The molecular formula is C32H32ClN5O4. The maximum absolute atomic E-state index is 13.1. The van der Waals surface area contributed by atoms with Crippen LogP contribution >= 0.6 is 11.6 Å². The zero-order valence-electron chi connectivity index (χ0n) is 23.4. The second-order valence-electron chi connectivity index (χ2n) is 10.3. The number of hydrogen-bond acceptors (Lipinski definition) is 8. The molecule has 0 amide bonds. The summed E-state index contributed by atoms with van der Waals surface area (Å²) in [6.45, 7) is 5.80. The van der Waals surface area contributed by atoms with Crippen LogP contribution in [0.3, 0.4) is 0 Å². The van der Waals surface area contributed by atoms with Crippen molar-refractivity contribution in [1.29, 1.82) is 0 Å². The fourth-order valence-corrected chi connectivity index (χ4v) is 5.36. The van der Waals surface area contributed by atoms with Crippen LogP contribution in [0, 0.1) is 0 Å². The molecule has 0 unspecified atom stereocenters. The van der Waals surface area contributed by atoms with Crippen molar-refractivity contribution in [2.24, 2.45) is 0 Å². The summed E-state index contributed by atoms with van der Waals surface area (Å²) >= 11 is 6.16. The highest BCUT2D eigenvalue weighted by atomic mass is 35.5. The molecule has 0 N–H and O–H groups in total. The van der Waals surface area contributed by atoms with Crippen LogP contribution in [0.2, 0.25) is 5.02 Å². The Bertz CT molecular complexity index is 1710. The van der Waals surface area contributed by atoms with E-state index in [2.05, 4.69) is 26.2 Å². The second kappa shape index (κ2) is 12.7. The van der Waals surface area contributed by atoms with E-state index >= 15 is 0 Å². The van der Waals surface area contributed by atoms with E-state index < -0.39 is 0 Å². The summed E-state index contributed by atoms with van der Waals surface area (Å²) in [5, 5.41) is 9.94. The van der Waals surface area contributed by atoms with Gasteiger partial charge in [-0.15, -0.1) is 5.10 Å². The highest BCUT2D eigenvalue weighted by Gasteiger charge is 2.18. The van der Waals surface area contributed by atoms with Crippen molar-refractivity contribution in [3.05, 3.63) is 100 Å². The third kappa shape index (κ3) is 6.42. The van der Waals surface area contributed by atoms with E-state index in [0.29, 0.717) is 35.4 Å². The van der Waals surface area contributed by atoms with Gasteiger partial charge in [0.25, 0.3) is 0 Å². The molecule has 216 valence electrons. The summed E-state index contributed by atoms with van der Waals surface area (Å²) in [5.41, 5.74) is 3.82. The van der Waals surface area contributed by atoms with Crippen LogP contribution in [0.15, 0.2) is 88.4 Å². The molecule has 1 saturated heterocycles. The Hall–Kier alpha value is -4.34. The molecule has 5 aromatic rings. The van der Waals surface area contributed by atoms with Gasteiger partial charge in [0, 0.05) is 68.7 Å². The normalized spacial score (nSPS) is 13.9. The number of nitrogens with zero attached hydrogens (tertiary/aromatic N) is 5. The Balaban J connectivity index is 0.972. The van der Waals surface area contributed by atoms with Crippen LogP contribution in [0.4, 0.5) is 5.69 Å². The average molecular weight is 586 g/mol. The number of hydrogen-bond donors (Lipinski definition) is 0. The van der Waals surface area contributed by atoms with Gasteiger partial charge in [-0.2, -0.15) is 0 Å². The topological polar surface area (TPSA) is 85.9 Å². The van der Waals surface area contributed by atoms with Crippen molar-refractivity contribution < 1.29 is 13.9 Å². The van der Waals surface area contributed by atoms with Gasteiger partial charge in [0.05, 0.1) is 30.4 Å². The Morgan fingerprint density at radius 2 is 1.79 bits per heavy atom. The van der Waals surface area contributed by atoms with Gasteiger partial charge >= 0.3 is 0 Å². The quantitative estimate of drug-likeness (QED) is 0.199. The fourth-order valence-electron chi connectivity index (χ4n) is 5.17. The fraction of sp³-hybridized carbons (Fsp3) is 0.281. The Morgan fingerprint density at radius 1 is 0.976 bits per heavy atom. The average Bonchev–Trinajstić information content (AvgIpc) is 3.47. The zero-order valence-corrected chi connectivity index (χ0v) is 24.2. The van der Waals surface area contributed by atoms with Gasteiger partial charge in [0.15, 0.2) is 5.43 Å². The molecule has 3 aromatic carbocycles.